The third-order valence-electron chi connectivity index (χ3n) is 2.43. The molecule has 0 unspecified atom stereocenters. The van der Waals surface area contributed by atoms with Gasteiger partial charge in [-0.15, -0.1) is 0 Å². The summed E-state index contributed by atoms with van der Waals surface area (Å²) in [5.74, 6) is 0.569. The largest absolute Gasteiger partial charge is 0.309 e. The summed E-state index contributed by atoms with van der Waals surface area (Å²) >= 11 is 0. The highest BCUT2D eigenvalue weighted by atomic mass is 16.1. The van der Waals surface area contributed by atoms with Crippen LogP contribution in [-0.4, -0.2) is 9.97 Å². The van der Waals surface area contributed by atoms with E-state index in [9.17, 15) is 4.79 Å². The molecule has 1 heterocycles. The van der Waals surface area contributed by atoms with Crippen LogP contribution in [0.15, 0.2) is 35.3 Å². The van der Waals surface area contributed by atoms with Crippen molar-refractivity contribution in [1.82, 2.24) is 9.97 Å². The second-order valence-corrected chi connectivity index (χ2v) is 3.85. The Hall–Kier alpha value is -2.41. The Morgan fingerprint density at radius 3 is 2.94 bits per heavy atom. The molecule has 0 atom stereocenters. The fourth-order valence-electron chi connectivity index (χ4n) is 1.62. The average Bonchev–Trinajstić information content (AvgIpc) is 2.29. The summed E-state index contributed by atoms with van der Waals surface area (Å²) in [6.07, 6.45) is 1.87. The normalized spacial score (nSPS) is 9.88. The molecule has 4 heteroatoms. The number of benzene rings is 1. The lowest BCUT2D eigenvalue weighted by Gasteiger charge is -2.02. The molecule has 0 fully saturated rings. The van der Waals surface area contributed by atoms with Gasteiger partial charge in [0.05, 0.1) is 6.20 Å². The van der Waals surface area contributed by atoms with E-state index in [2.05, 4.69) is 9.97 Å². The van der Waals surface area contributed by atoms with Crippen LogP contribution in [0, 0.1) is 18.3 Å². The SMILES string of the molecule is Cc1cccc(Cc2ncc(C#N)c(=O)[nH]2)c1. The summed E-state index contributed by atoms with van der Waals surface area (Å²) in [5, 5.41) is 8.63. The third-order valence-corrected chi connectivity index (χ3v) is 2.43. The maximum atomic E-state index is 11.4. The summed E-state index contributed by atoms with van der Waals surface area (Å²) in [6.45, 7) is 2.01. The van der Waals surface area contributed by atoms with Crippen LogP contribution in [0.4, 0.5) is 0 Å². The minimum absolute atomic E-state index is 0.0398. The van der Waals surface area contributed by atoms with E-state index in [-0.39, 0.29) is 11.1 Å². The lowest BCUT2D eigenvalue weighted by molar-refractivity contribution is 0.938. The van der Waals surface area contributed by atoms with E-state index in [4.69, 9.17) is 5.26 Å². The lowest BCUT2D eigenvalue weighted by atomic mass is 10.1. The number of nitrogens with one attached hydrogen (secondary N) is 1. The number of aryl methyl sites for hydroxylation is 1. The van der Waals surface area contributed by atoms with Crippen molar-refractivity contribution in [1.29, 1.82) is 5.26 Å². The van der Waals surface area contributed by atoms with Crippen LogP contribution in [-0.2, 0) is 6.42 Å². The molecule has 0 amide bonds. The molecule has 0 saturated heterocycles. The Balaban J connectivity index is 2.29. The Kier molecular flexibility index (Phi) is 3.01. The van der Waals surface area contributed by atoms with Gasteiger partial charge in [0, 0.05) is 6.42 Å². The molecule has 0 aliphatic heterocycles. The van der Waals surface area contributed by atoms with Gasteiger partial charge in [0.2, 0.25) is 0 Å². The first-order valence-corrected chi connectivity index (χ1v) is 5.23. The maximum absolute atomic E-state index is 11.4. The van der Waals surface area contributed by atoms with Gasteiger partial charge in [-0.1, -0.05) is 29.8 Å². The predicted molar refractivity (Wildman–Crippen MR) is 63.6 cm³/mol. The highest BCUT2D eigenvalue weighted by molar-refractivity contribution is 5.26. The van der Waals surface area contributed by atoms with Gasteiger partial charge in [-0.25, -0.2) is 4.98 Å². The molecule has 0 radical (unpaired) electrons. The van der Waals surface area contributed by atoms with Crippen LogP contribution < -0.4 is 5.56 Å². The molecule has 2 rings (SSSR count). The standard InChI is InChI=1S/C13H11N3O/c1-9-3-2-4-10(5-9)6-12-15-8-11(7-14)13(17)16-12/h2-5,8H,6H2,1H3,(H,15,16,17). The number of aromatic amines is 1. The molecular formula is C13H11N3O. The second kappa shape index (κ2) is 4.62. The zero-order valence-electron chi connectivity index (χ0n) is 9.40. The summed E-state index contributed by atoms with van der Waals surface area (Å²) in [6, 6.07) is 9.78. The van der Waals surface area contributed by atoms with Gasteiger partial charge in [0.25, 0.3) is 5.56 Å². The van der Waals surface area contributed by atoms with E-state index in [1.54, 1.807) is 6.07 Å². The molecule has 0 saturated carbocycles. The number of hydrogen-bond acceptors (Lipinski definition) is 3. The summed E-state index contributed by atoms with van der Waals surface area (Å²) in [4.78, 5) is 18.1. The van der Waals surface area contributed by atoms with E-state index < -0.39 is 0 Å². The number of rotatable bonds is 2. The Morgan fingerprint density at radius 1 is 1.47 bits per heavy atom. The number of aromatic nitrogens is 2. The van der Waals surface area contributed by atoms with Crippen molar-refractivity contribution in [2.45, 2.75) is 13.3 Å². The first kappa shape index (κ1) is 11.1. The minimum Gasteiger partial charge on any atom is -0.309 e. The van der Waals surface area contributed by atoms with Crippen molar-refractivity contribution in [2.24, 2.45) is 0 Å². The van der Waals surface area contributed by atoms with Crippen LogP contribution in [0.2, 0.25) is 0 Å². The smallest absolute Gasteiger partial charge is 0.268 e. The molecule has 1 N–H and O–H groups in total. The van der Waals surface area contributed by atoms with Gasteiger partial charge in [-0.05, 0) is 12.5 Å². The minimum atomic E-state index is -0.384. The van der Waals surface area contributed by atoms with Crippen LogP contribution in [0.3, 0.4) is 0 Å². The Morgan fingerprint density at radius 2 is 2.29 bits per heavy atom. The molecule has 4 nitrogen and oxygen atoms in total. The van der Waals surface area contributed by atoms with Crippen LogP contribution in [0.1, 0.15) is 22.5 Å². The fourth-order valence-corrected chi connectivity index (χ4v) is 1.62. The van der Waals surface area contributed by atoms with E-state index in [1.165, 1.54) is 11.8 Å². The van der Waals surface area contributed by atoms with Crippen molar-refractivity contribution in [3.8, 4) is 6.07 Å². The lowest BCUT2D eigenvalue weighted by Crippen LogP contribution is -2.14. The van der Waals surface area contributed by atoms with Gasteiger partial charge in [-0.3, -0.25) is 4.79 Å². The average molecular weight is 225 g/mol. The molecule has 17 heavy (non-hydrogen) atoms. The van der Waals surface area contributed by atoms with Crippen LogP contribution in [0.5, 0.6) is 0 Å². The molecule has 2 aromatic rings. The van der Waals surface area contributed by atoms with Crippen molar-refractivity contribution in [2.75, 3.05) is 0 Å². The number of nitrogens with zero attached hydrogens (tertiary/aromatic N) is 2. The zero-order valence-corrected chi connectivity index (χ0v) is 9.40. The maximum Gasteiger partial charge on any atom is 0.268 e. The first-order valence-electron chi connectivity index (χ1n) is 5.23. The molecule has 84 valence electrons. The monoisotopic (exact) mass is 225 g/mol. The van der Waals surface area contributed by atoms with Gasteiger partial charge in [-0.2, -0.15) is 5.26 Å². The van der Waals surface area contributed by atoms with E-state index in [0.717, 1.165) is 5.56 Å². The first-order chi connectivity index (χ1) is 8.19. The molecule has 1 aromatic carbocycles. The fraction of sp³-hybridized carbons (Fsp3) is 0.154. The number of H-pyrrole nitrogens is 1. The molecule has 0 aliphatic rings. The van der Waals surface area contributed by atoms with Crippen LogP contribution in [0.25, 0.3) is 0 Å². The van der Waals surface area contributed by atoms with Crippen LogP contribution >= 0.6 is 0 Å². The molecule has 1 aromatic heterocycles. The van der Waals surface area contributed by atoms with Crippen molar-refractivity contribution in [3.05, 3.63) is 63.3 Å². The highest BCUT2D eigenvalue weighted by Crippen LogP contribution is 2.07. The second-order valence-electron chi connectivity index (χ2n) is 3.85. The summed E-state index contributed by atoms with van der Waals surface area (Å²) in [7, 11) is 0. The van der Waals surface area contributed by atoms with Crippen molar-refractivity contribution >= 4 is 0 Å². The van der Waals surface area contributed by atoms with Gasteiger partial charge >= 0.3 is 0 Å². The predicted octanol–water partition coefficient (Wildman–Crippen LogP) is 1.54. The topological polar surface area (TPSA) is 69.5 Å². The van der Waals surface area contributed by atoms with Gasteiger partial charge < -0.3 is 4.98 Å². The molecule has 0 bridgehead atoms. The Labute approximate surface area is 98.6 Å². The van der Waals surface area contributed by atoms with Gasteiger partial charge in [0.1, 0.15) is 17.5 Å². The molecule has 0 spiro atoms. The molecular weight excluding hydrogens is 214 g/mol. The highest BCUT2D eigenvalue weighted by Gasteiger charge is 2.02. The van der Waals surface area contributed by atoms with Gasteiger partial charge in [0.15, 0.2) is 0 Å². The van der Waals surface area contributed by atoms with E-state index in [0.29, 0.717) is 12.2 Å². The van der Waals surface area contributed by atoms with Crippen molar-refractivity contribution in [3.63, 3.8) is 0 Å². The quantitative estimate of drug-likeness (QED) is 0.842. The zero-order chi connectivity index (χ0) is 12.3. The Bertz CT molecular complexity index is 638. The van der Waals surface area contributed by atoms with Crippen molar-refractivity contribution < 1.29 is 0 Å². The van der Waals surface area contributed by atoms with E-state index in [1.807, 2.05) is 31.2 Å². The number of hydrogen-bond donors (Lipinski definition) is 1. The summed E-state index contributed by atoms with van der Waals surface area (Å²) in [5.41, 5.74) is 1.90. The van der Waals surface area contributed by atoms with E-state index >= 15 is 0 Å². The number of nitriles is 1. The summed E-state index contributed by atoms with van der Waals surface area (Å²) < 4.78 is 0. The third kappa shape index (κ3) is 2.58. The molecule has 0 aliphatic carbocycles.